The van der Waals surface area contributed by atoms with Gasteiger partial charge in [0.1, 0.15) is 0 Å². The highest BCUT2D eigenvalue weighted by molar-refractivity contribution is 5.95. The van der Waals surface area contributed by atoms with Gasteiger partial charge in [-0.25, -0.2) is 4.98 Å². The SMILES string of the molecule is CCOc1cccn2cc(-c3ccc4c(c3)CC(C)N4C(C)=O)nc12. The van der Waals surface area contributed by atoms with Gasteiger partial charge in [0, 0.05) is 36.6 Å². The van der Waals surface area contributed by atoms with Gasteiger partial charge in [0.05, 0.1) is 12.3 Å². The van der Waals surface area contributed by atoms with Crippen molar-refractivity contribution < 1.29 is 9.53 Å². The van der Waals surface area contributed by atoms with Crippen molar-refractivity contribution in [3.8, 4) is 17.0 Å². The van der Waals surface area contributed by atoms with E-state index in [1.165, 1.54) is 5.56 Å². The van der Waals surface area contributed by atoms with Crippen LogP contribution >= 0.6 is 0 Å². The summed E-state index contributed by atoms with van der Waals surface area (Å²) >= 11 is 0. The fourth-order valence-corrected chi connectivity index (χ4v) is 3.66. The van der Waals surface area contributed by atoms with Crippen LogP contribution in [0.1, 0.15) is 26.3 Å². The van der Waals surface area contributed by atoms with Crippen LogP contribution in [0, 0.1) is 0 Å². The average Bonchev–Trinajstić information content (AvgIpc) is 3.15. The molecule has 0 N–H and O–H groups in total. The minimum Gasteiger partial charge on any atom is -0.490 e. The van der Waals surface area contributed by atoms with Gasteiger partial charge < -0.3 is 14.0 Å². The van der Waals surface area contributed by atoms with Crippen molar-refractivity contribution in [2.45, 2.75) is 33.2 Å². The highest BCUT2D eigenvalue weighted by Gasteiger charge is 2.29. The summed E-state index contributed by atoms with van der Waals surface area (Å²) in [6.45, 7) is 6.28. The summed E-state index contributed by atoms with van der Waals surface area (Å²) in [7, 11) is 0. The van der Waals surface area contributed by atoms with Crippen LogP contribution < -0.4 is 9.64 Å². The summed E-state index contributed by atoms with van der Waals surface area (Å²) in [4.78, 5) is 18.5. The molecule has 1 atom stereocenters. The van der Waals surface area contributed by atoms with E-state index in [1.54, 1.807) is 6.92 Å². The molecule has 0 radical (unpaired) electrons. The van der Waals surface area contributed by atoms with Crippen molar-refractivity contribution in [3.05, 3.63) is 48.3 Å². The van der Waals surface area contributed by atoms with Crippen LogP contribution in [-0.2, 0) is 11.2 Å². The maximum absolute atomic E-state index is 11.9. The smallest absolute Gasteiger partial charge is 0.224 e. The molecule has 1 aliphatic rings. The first-order valence-corrected chi connectivity index (χ1v) is 8.62. The summed E-state index contributed by atoms with van der Waals surface area (Å²) in [6, 6.07) is 10.3. The second-order valence-corrected chi connectivity index (χ2v) is 6.45. The summed E-state index contributed by atoms with van der Waals surface area (Å²) in [5, 5.41) is 0. The summed E-state index contributed by atoms with van der Waals surface area (Å²) in [5.74, 6) is 0.877. The Bertz CT molecular complexity index is 961. The summed E-state index contributed by atoms with van der Waals surface area (Å²) < 4.78 is 7.65. The van der Waals surface area contributed by atoms with Gasteiger partial charge >= 0.3 is 0 Å². The van der Waals surface area contributed by atoms with Crippen molar-refractivity contribution in [2.75, 3.05) is 11.5 Å². The molecule has 2 aromatic heterocycles. The van der Waals surface area contributed by atoms with E-state index in [9.17, 15) is 4.79 Å². The molecule has 5 heteroatoms. The summed E-state index contributed by atoms with van der Waals surface area (Å²) in [5.41, 5.74) is 5.00. The number of carbonyl (C=O) groups is 1. The van der Waals surface area contributed by atoms with Crippen LogP contribution in [0.4, 0.5) is 5.69 Å². The van der Waals surface area contributed by atoms with Crippen molar-refractivity contribution >= 4 is 17.2 Å². The van der Waals surface area contributed by atoms with E-state index in [-0.39, 0.29) is 11.9 Å². The third-order valence-electron chi connectivity index (χ3n) is 4.68. The molecule has 1 aliphatic heterocycles. The maximum Gasteiger partial charge on any atom is 0.224 e. The molecule has 3 heterocycles. The predicted molar refractivity (Wildman–Crippen MR) is 98.1 cm³/mol. The van der Waals surface area contributed by atoms with Crippen LogP contribution in [0.15, 0.2) is 42.7 Å². The molecule has 0 spiro atoms. The zero-order chi connectivity index (χ0) is 17.6. The Hall–Kier alpha value is -2.82. The van der Waals surface area contributed by atoms with Crippen LogP contribution in [0.3, 0.4) is 0 Å². The number of carbonyl (C=O) groups excluding carboxylic acids is 1. The Balaban J connectivity index is 1.77. The number of fused-ring (bicyclic) bond motifs is 2. The molecular weight excluding hydrogens is 314 g/mol. The lowest BCUT2D eigenvalue weighted by molar-refractivity contribution is -0.116. The highest BCUT2D eigenvalue weighted by Crippen LogP contribution is 2.35. The largest absolute Gasteiger partial charge is 0.490 e. The minimum atomic E-state index is 0.0908. The lowest BCUT2D eigenvalue weighted by atomic mass is 10.1. The van der Waals surface area contributed by atoms with Gasteiger partial charge in [-0.05, 0) is 50.1 Å². The molecule has 0 saturated heterocycles. The van der Waals surface area contributed by atoms with Gasteiger partial charge in [0.25, 0.3) is 0 Å². The molecule has 128 valence electrons. The summed E-state index contributed by atoms with van der Waals surface area (Å²) in [6.07, 6.45) is 4.86. The topological polar surface area (TPSA) is 46.8 Å². The number of pyridine rings is 1. The standard InChI is InChI=1S/C20H21N3O2/c1-4-25-19-6-5-9-22-12-17(21-20(19)22)15-7-8-18-16(11-15)10-13(2)23(18)14(3)24/h5-9,11-13H,4,10H2,1-3H3. The fraction of sp³-hybridized carbons (Fsp3) is 0.300. The number of hydrogen-bond donors (Lipinski definition) is 0. The fourth-order valence-electron chi connectivity index (χ4n) is 3.66. The van der Waals surface area contributed by atoms with Gasteiger partial charge in [-0.2, -0.15) is 0 Å². The Morgan fingerprint density at radius 3 is 2.96 bits per heavy atom. The Labute approximate surface area is 146 Å². The van der Waals surface area contributed by atoms with E-state index in [4.69, 9.17) is 9.72 Å². The number of hydrogen-bond acceptors (Lipinski definition) is 3. The molecule has 3 aromatic rings. The number of anilines is 1. The molecule has 0 bridgehead atoms. The predicted octanol–water partition coefficient (Wildman–Crippen LogP) is 3.70. The van der Waals surface area contributed by atoms with E-state index < -0.39 is 0 Å². The number of ether oxygens (including phenoxy) is 1. The van der Waals surface area contributed by atoms with Crippen molar-refractivity contribution in [2.24, 2.45) is 0 Å². The number of imidazole rings is 1. The number of rotatable bonds is 3. The van der Waals surface area contributed by atoms with Crippen LogP contribution in [0.25, 0.3) is 16.9 Å². The van der Waals surface area contributed by atoms with E-state index in [1.807, 2.05) is 52.9 Å². The Morgan fingerprint density at radius 2 is 2.20 bits per heavy atom. The molecule has 25 heavy (non-hydrogen) atoms. The van der Waals surface area contributed by atoms with Crippen LogP contribution in [-0.4, -0.2) is 27.9 Å². The third kappa shape index (κ3) is 2.56. The van der Waals surface area contributed by atoms with Gasteiger partial charge in [0.2, 0.25) is 5.91 Å². The molecule has 0 aliphatic carbocycles. The van der Waals surface area contributed by atoms with Crippen molar-refractivity contribution in [1.82, 2.24) is 9.38 Å². The monoisotopic (exact) mass is 335 g/mol. The second kappa shape index (κ2) is 5.92. The highest BCUT2D eigenvalue weighted by atomic mass is 16.5. The number of aromatic nitrogens is 2. The molecule has 0 fully saturated rings. The van der Waals surface area contributed by atoms with E-state index in [0.29, 0.717) is 6.61 Å². The first-order chi connectivity index (χ1) is 12.1. The lowest BCUT2D eigenvalue weighted by Crippen LogP contribution is -2.33. The molecule has 1 amide bonds. The Morgan fingerprint density at radius 1 is 1.36 bits per heavy atom. The van der Waals surface area contributed by atoms with E-state index in [0.717, 1.165) is 34.8 Å². The lowest BCUT2D eigenvalue weighted by Gasteiger charge is -2.20. The maximum atomic E-state index is 11.9. The Kier molecular flexibility index (Phi) is 3.71. The van der Waals surface area contributed by atoms with Crippen LogP contribution in [0.2, 0.25) is 0 Å². The van der Waals surface area contributed by atoms with Crippen molar-refractivity contribution in [3.63, 3.8) is 0 Å². The van der Waals surface area contributed by atoms with Crippen molar-refractivity contribution in [1.29, 1.82) is 0 Å². The zero-order valence-corrected chi connectivity index (χ0v) is 14.7. The molecule has 1 unspecified atom stereocenters. The number of amides is 1. The van der Waals surface area contributed by atoms with Gasteiger partial charge in [-0.15, -0.1) is 0 Å². The normalized spacial score (nSPS) is 16.3. The first kappa shape index (κ1) is 15.7. The van der Waals surface area contributed by atoms with E-state index in [2.05, 4.69) is 13.0 Å². The quantitative estimate of drug-likeness (QED) is 0.733. The molecule has 5 nitrogen and oxygen atoms in total. The average molecular weight is 335 g/mol. The molecule has 4 rings (SSSR count). The molecule has 0 saturated carbocycles. The molecule has 1 aromatic carbocycles. The second-order valence-electron chi connectivity index (χ2n) is 6.45. The molecular formula is C20H21N3O2. The minimum absolute atomic E-state index is 0.0908. The van der Waals surface area contributed by atoms with Gasteiger partial charge in [-0.1, -0.05) is 6.07 Å². The number of nitrogens with zero attached hydrogens (tertiary/aromatic N) is 3. The zero-order valence-electron chi connectivity index (χ0n) is 14.7. The third-order valence-corrected chi connectivity index (χ3v) is 4.68. The van der Waals surface area contributed by atoms with Crippen LogP contribution in [0.5, 0.6) is 5.75 Å². The first-order valence-electron chi connectivity index (χ1n) is 8.62. The number of benzene rings is 1. The van der Waals surface area contributed by atoms with E-state index >= 15 is 0 Å². The van der Waals surface area contributed by atoms with Gasteiger partial charge in [-0.3, -0.25) is 4.79 Å². The van der Waals surface area contributed by atoms with Gasteiger partial charge in [0.15, 0.2) is 11.4 Å².